The Bertz CT molecular complexity index is 548. The van der Waals surface area contributed by atoms with E-state index in [0.29, 0.717) is 23.8 Å². The number of piperidine rings is 1. The number of hydrogen-bond acceptors (Lipinski definition) is 2. The number of likely N-dealkylation sites (tertiary alicyclic amines) is 1. The molecule has 2 saturated heterocycles. The summed E-state index contributed by atoms with van der Waals surface area (Å²) >= 11 is 0. The van der Waals surface area contributed by atoms with Crippen molar-refractivity contribution >= 4 is 18.3 Å². The molecule has 2 heterocycles. The highest BCUT2D eigenvalue weighted by atomic mass is 35.5. The average Bonchev–Trinajstić information content (AvgIpc) is 2.96. The molecule has 2 fully saturated rings. The molecule has 1 aromatic carbocycles. The fourth-order valence-electron chi connectivity index (χ4n) is 4.00. The third-order valence-corrected chi connectivity index (χ3v) is 5.32. The van der Waals surface area contributed by atoms with Gasteiger partial charge in [-0.05, 0) is 56.7 Å². The molecule has 2 aliphatic rings. The molecule has 1 amide bonds. The smallest absolute Gasteiger partial charge is 0.223 e. The predicted octanol–water partition coefficient (Wildman–Crippen LogP) is 3.94. The highest BCUT2D eigenvalue weighted by molar-refractivity contribution is 5.85. The molecule has 0 saturated carbocycles. The third kappa shape index (κ3) is 4.48. The Kier molecular flexibility index (Phi) is 7.05. The van der Waals surface area contributed by atoms with E-state index in [1.165, 1.54) is 18.9 Å². The van der Waals surface area contributed by atoms with Gasteiger partial charge < -0.3 is 10.2 Å². The Labute approximate surface area is 150 Å². The lowest BCUT2D eigenvalue weighted by molar-refractivity contribution is -0.132. The molecule has 0 radical (unpaired) electrons. The van der Waals surface area contributed by atoms with Crippen LogP contribution in [0.1, 0.15) is 50.6 Å². The molecule has 0 bridgehead atoms. The molecule has 2 unspecified atom stereocenters. The van der Waals surface area contributed by atoms with Gasteiger partial charge in [0.2, 0.25) is 5.91 Å². The number of benzene rings is 1. The van der Waals surface area contributed by atoms with E-state index < -0.39 is 0 Å². The zero-order valence-corrected chi connectivity index (χ0v) is 15.2. The highest BCUT2D eigenvalue weighted by Gasteiger charge is 2.35. The molecule has 0 aliphatic carbocycles. The van der Waals surface area contributed by atoms with Crippen molar-refractivity contribution < 1.29 is 9.18 Å². The summed E-state index contributed by atoms with van der Waals surface area (Å²) in [5.74, 6) is 1.10. The average molecular weight is 355 g/mol. The minimum atomic E-state index is -0.192. The summed E-state index contributed by atoms with van der Waals surface area (Å²) in [5.41, 5.74) is 0.673. The highest BCUT2D eigenvalue weighted by Crippen LogP contribution is 2.37. The van der Waals surface area contributed by atoms with Crippen LogP contribution in [0.4, 0.5) is 4.39 Å². The van der Waals surface area contributed by atoms with Crippen LogP contribution in [0.2, 0.25) is 0 Å². The van der Waals surface area contributed by atoms with Gasteiger partial charge in [0.1, 0.15) is 5.82 Å². The van der Waals surface area contributed by atoms with Crippen LogP contribution >= 0.6 is 12.4 Å². The number of rotatable bonds is 4. The van der Waals surface area contributed by atoms with Crippen molar-refractivity contribution in [2.45, 2.75) is 45.1 Å². The summed E-state index contributed by atoms with van der Waals surface area (Å²) in [4.78, 5) is 14.6. The molecular formula is C19H28ClFN2O. The van der Waals surface area contributed by atoms with Crippen LogP contribution in [0.25, 0.3) is 0 Å². The number of nitrogens with one attached hydrogen (secondary N) is 1. The van der Waals surface area contributed by atoms with Gasteiger partial charge in [0.15, 0.2) is 0 Å². The van der Waals surface area contributed by atoms with Gasteiger partial charge in [0, 0.05) is 18.5 Å². The van der Waals surface area contributed by atoms with E-state index in [-0.39, 0.29) is 30.2 Å². The van der Waals surface area contributed by atoms with Crippen molar-refractivity contribution in [2.75, 3.05) is 19.6 Å². The van der Waals surface area contributed by atoms with Gasteiger partial charge in [-0.3, -0.25) is 4.79 Å². The molecule has 2 atom stereocenters. The first-order valence-corrected chi connectivity index (χ1v) is 8.89. The lowest BCUT2D eigenvalue weighted by atomic mass is 9.93. The maximum absolute atomic E-state index is 14.1. The summed E-state index contributed by atoms with van der Waals surface area (Å²) in [7, 11) is 0. The standard InChI is InChI=1S/C19H27FN2O.ClH/c1-14-12-18(16-4-2-3-5-17(16)20)22(13-14)19(23)7-6-15-8-10-21-11-9-15;/h2-5,14-15,18,21H,6-13H2,1H3;1H. The Morgan fingerprint density at radius 2 is 2.00 bits per heavy atom. The minimum Gasteiger partial charge on any atom is -0.335 e. The summed E-state index contributed by atoms with van der Waals surface area (Å²) in [6.45, 7) is 5.03. The molecular weight excluding hydrogens is 327 g/mol. The molecule has 134 valence electrons. The van der Waals surface area contributed by atoms with Gasteiger partial charge in [-0.1, -0.05) is 25.1 Å². The van der Waals surface area contributed by atoms with E-state index in [4.69, 9.17) is 0 Å². The Hall–Kier alpha value is -1.13. The minimum absolute atomic E-state index is 0. The Balaban J connectivity index is 0.00000208. The van der Waals surface area contributed by atoms with Crippen LogP contribution in [0.3, 0.4) is 0 Å². The summed E-state index contributed by atoms with van der Waals surface area (Å²) < 4.78 is 14.1. The fraction of sp³-hybridized carbons (Fsp3) is 0.632. The molecule has 0 aromatic heterocycles. The number of amides is 1. The summed E-state index contributed by atoms with van der Waals surface area (Å²) in [6, 6.07) is 6.80. The zero-order chi connectivity index (χ0) is 16.2. The topological polar surface area (TPSA) is 32.3 Å². The maximum atomic E-state index is 14.1. The first-order chi connectivity index (χ1) is 11.1. The second-order valence-electron chi connectivity index (χ2n) is 7.16. The molecule has 2 aliphatic heterocycles. The third-order valence-electron chi connectivity index (χ3n) is 5.32. The SMILES string of the molecule is CC1CC(c2ccccc2F)N(C(=O)CCC2CCNCC2)C1.Cl. The van der Waals surface area contributed by atoms with Crippen LogP contribution in [-0.2, 0) is 4.79 Å². The van der Waals surface area contributed by atoms with Gasteiger partial charge in [-0.25, -0.2) is 4.39 Å². The predicted molar refractivity (Wildman–Crippen MR) is 96.7 cm³/mol. The zero-order valence-electron chi connectivity index (χ0n) is 14.3. The summed E-state index contributed by atoms with van der Waals surface area (Å²) in [6.07, 6.45) is 4.76. The number of carbonyl (C=O) groups is 1. The molecule has 1 N–H and O–H groups in total. The van der Waals surface area contributed by atoms with Crippen molar-refractivity contribution in [1.82, 2.24) is 10.2 Å². The lowest BCUT2D eigenvalue weighted by Crippen LogP contribution is -2.33. The fourth-order valence-corrected chi connectivity index (χ4v) is 4.00. The van der Waals surface area contributed by atoms with Gasteiger partial charge in [-0.15, -0.1) is 12.4 Å². The van der Waals surface area contributed by atoms with E-state index in [1.54, 1.807) is 6.07 Å². The van der Waals surface area contributed by atoms with Gasteiger partial charge in [-0.2, -0.15) is 0 Å². The molecule has 24 heavy (non-hydrogen) atoms. The first kappa shape index (κ1) is 19.2. The number of carbonyl (C=O) groups excluding carboxylic acids is 1. The summed E-state index contributed by atoms with van der Waals surface area (Å²) in [5, 5.41) is 3.36. The number of halogens is 2. The van der Waals surface area contributed by atoms with Crippen LogP contribution in [-0.4, -0.2) is 30.4 Å². The molecule has 3 nitrogen and oxygen atoms in total. The van der Waals surface area contributed by atoms with Crippen molar-refractivity contribution in [3.63, 3.8) is 0 Å². The van der Waals surface area contributed by atoms with E-state index in [2.05, 4.69) is 12.2 Å². The first-order valence-electron chi connectivity index (χ1n) is 8.89. The van der Waals surface area contributed by atoms with Gasteiger partial charge >= 0.3 is 0 Å². The normalized spacial score (nSPS) is 24.7. The van der Waals surface area contributed by atoms with E-state index in [1.807, 2.05) is 17.0 Å². The van der Waals surface area contributed by atoms with E-state index in [9.17, 15) is 9.18 Å². The van der Waals surface area contributed by atoms with Crippen LogP contribution in [0, 0.1) is 17.7 Å². The monoisotopic (exact) mass is 354 g/mol. The number of hydrogen-bond donors (Lipinski definition) is 1. The van der Waals surface area contributed by atoms with Crippen molar-refractivity contribution in [3.8, 4) is 0 Å². The number of nitrogens with zero attached hydrogens (tertiary/aromatic N) is 1. The van der Waals surface area contributed by atoms with Crippen molar-refractivity contribution in [3.05, 3.63) is 35.6 Å². The van der Waals surface area contributed by atoms with Crippen LogP contribution < -0.4 is 5.32 Å². The molecule has 0 spiro atoms. The van der Waals surface area contributed by atoms with E-state index in [0.717, 1.165) is 32.5 Å². The van der Waals surface area contributed by atoms with Crippen molar-refractivity contribution in [1.29, 1.82) is 0 Å². The second-order valence-corrected chi connectivity index (χ2v) is 7.16. The van der Waals surface area contributed by atoms with Gasteiger partial charge in [0.05, 0.1) is 6.04 Å². The molecule has 3 rings (SSSR count). The molecule has 1 aromatic rings. The van der Waals surface area contributed by atoms with E-state index >= 15 is 0 Å². The molecule has 5 heteroatoms. The maximum Gasteiger partial charge on any atom is 0.223 e. The van der Waals surface area contributed by atoms with Gasteiger partial charge in [0.25, 0.3) is 0 Å². The lowest BCUT2D eigenvalue weighted by Gasteiger charge is -2.27. The van der Waals surface area contributed by atoms with Crippen molar-refractivity contribution in [2.24, 2.45) is 11.8 Å². The second kappa shape index (κ2) is 8.82. The Morgan fingerprint density at radius 1 is 1.29 bits per heavy atom. The quantitative estimate of drug-likeness (QED) is 0.888. The largest absolute Gasteiger partial charge is 0.335 e. The Morgan fingerprint density at radius 3 is 2.71 bits per heavy atom. The van der Waals surface area contributed by atoms with Crippen LogP contribution in [0.5, 0.6) is 0 Å². The van der Waals surface area contributed by atoms with Crippen LogP contribution in [0.15, 0.2) is 24.3 Å².